The Labute approximate surface area is 96.0 Å². The zero-order valence-electron chi connectivity index (χ0n) is 8.31. The molecule has 0 atom stereocenters. The average Bonchev–Trinajstić information content (AvgIpc) is 2.97. The summed E-state index contributed by atoms with van der Waals surface area (Å²) in [6.07, 6.45) is 2.06. The van der Waals surface area contributed by atoms with Gasteiger partial charge in [0.2, 0.25) is 0 Å². The van der Waals surface area contributed by atoms with Crippen LogP contribution in [0, 0.1) is 12.7 Å². The normalized spacial score (nSPS) is 15.1. The van der Waals surface area contributed by atoms with Gasteiger partial charge in [-0.2, -0.15) is 0 Å². The van der Waals surface area contributed by atoms with Crippen molar-refractivity contribution in [2.24, 2.45) is 0 Å². The smallest absolute Gasteiger partial charge is 0.251 e. The van der Waals surface area contributed by atoms with Gasteiger partial charge < -0.3 is 5.32 Å². The van der Waals surface area contributed by atoms with Gasteiger partial charge in [-0.25, -0.2) is 4.39 Å². The van der Waals surface area contributed by atoms with Crippen LogP contribution in [0.1, 0.15) is 28.8 Å². The highest BCUT2D eigenvalue weighted by molar-refractivity contribution is 9.10. The lowest BCUT2D eigenvalue weighted by Crippen LogP contribution is -2.25. The van der Waals surface area contributed by atoms with E-state index in [0.717, 1.165) is 12.8 Å². The van der Waals surface area contributed by atoms with Crippen LogP contribution < -0.4 is 5.32 Å². The van der Waals surface area contributed by atoms with Crippen LogP contribution >= 0.6 is 15.9 Å². The summed E-state index contributed by atoms with van der Waals surface area (Å²) in [7, 11) is 0. The maximum atomic E-state index is 13.3. The summed E-state index contributed by atoms with van der Waals surface area (Å²) >= 11 is 3.23. The molecule has 80 valence electrons. The fourth-order valence-electron chi connectivity index (χ4n) is 1.27. The van der Waals surface area contributed by atoms with Crippen LogP contribution in [0.2, 0.25) is 0 Å². The first-order chi connectivity index (χ1) is 7.08. The number of hydrogen-bond donors (Lipinski definition) is 1. The van der Waals surface area contributed by atoms with E-state index >= 15 is 0 Å². The predicted octanol–water partition coefficient (Wildman–Crippen LogP) is 2.79. The number of halogens is 2. The molecule has 1 aromatic rings. The number of benzene rings is 1. The molecule has 0 aliphatic heterocycles. The van der Waals surface area contributed by atoms with E-state index in [1.54, 1.807) is 13.0 Å². The molecule has 4 heteroatoms. The van der Waals surface area contributed by atoms with Gasteiger partial charge in [-0.05, 0) is 37.5 Å². The highest BCUT2D eigenvalue weighted by Gasteiger charge is 2.24. The molecule has 0 spiro atoms. The summed E-state index contributed by atoms with van der Waals surface area (Å²) in [6.45, 7) is 1.67. The van der Waals surface area contributed by atoms with Crippen molar-refractivity contribution in [1.82, 2.24) is 5.32 Å². The molecule has 1 amide bonds. The molecule has 1 aromatic carbocycles. The average molecular weight is 272 g/mol. The molecule has 0 radical (unpaired) electrons. The summed E-state index contributed by atoms with van der Waals surface area (Å²) < 4.78 is 14.0. The second-order valence-electron chi connectivity index (χ2n) is 3.81. The van der Waals surface area contributed by atoms with E-state index in [0.29, 0.717) is 21.6 Å². The molecule has 0 bridgehead atoms. The quantitative estimate of drug-likeness (QED) is 0.881. The Morgan fingerprint density at radius 3 is 2.73 bits per heavy atom. The molecular weight excluding hydrogens is 261 g/mol. The van der Waals surface area contributed by atoms with E-state index in [4.69, 9.17) is 0 Å². The molecule has 1 aliphatic rings. The van der Waals surface area contributed by atoms with Gasteiger partial charge in [-0.3, -0.25) is 4.79 Å². The van der Waals surface area contributed by atoms with E-state index in [-0.39, 0.29) is 11.7 Å². The van der Waals surface area contributed by atoms with Crippen LogP contribution in [0.15, 0.2) is 16.6 Å². The minimum atomic E-state index is -0.356. The van der Waals surface area contributed by atoms with Crippen LogP contribution in [-0.2, 0) is 0 Å². The number of carbonyl (C=O) groups is 1. The van der Waals surface area contributed by atoms with E-state index in [9.17, 15) is 9.18 Å². The van der Waals surface area contributed by atoms with Gasteiger partial charge in [-0.1, -0.05) is 15.9 Å². The summed E-state index contributed by atoms with van der Waals surface area (Å²) in [6, 6.07) is 3.22. The Morgan fingerprint density at radius 2 is 2.20 bits per heavy atom. The zero-order valence-corrected chi connectivity index (χ0v) is 9.90. The van der Waals surface area contributed by atoms with Gasteiger partial charge in [0.1, 0.15) is 5.82 Å². The molecule has 1 N–H and O–H groups in total. The van der Waals surface area contributed by atoms with Crippen molar-refractivity contribution >= 4 is 21.8 Å². The number of carbonyl (C=O) groups excluding carboxylic acids is 1. The third-order valence-electron chi connectivity index (χ3n) is 2.46. The maximum Gasteiger partial charge on any atom is 0.251 e. The third kappa shape index (κ3) is 2.37. The first-order valence-electron chi connectivity index (χ1n) is 4.84. The fraction of sp³-hybridized carbons (Fsp3) is 0.364. The number of amides is 1. The van der Waals surface area contributed by atoms with Crippen molar-refractivity contribution in [1.29, 1.82) is 0 Å². The molecule has 15 heavy (non-hydrogen) atoms. The first kappa shape index (κ1) is 10.6. The van der Waals surface area contributed by atoms with E-state index in [2.05, 4.69) is 21.2 Å². The molecule has 0 unspecified atom stereocenters. The highest BCUT2D eigenvalue weighted by atomic mass is 79.9. The summed E-state index contributed by atoms with van der Waals surface area (Å²) in [5.41, 5.74) is 0.898. The fourth-order valence-corrected chi connectivity index (χ4v) is 1.71. The Kier molecular flexibility index (Phi) is 2.78. The number of hydrogen-bond acceptors (Lipinski definition) is 1. The largest absolute Gasteiger partial charge is 0.349 e. The van der Waals surface area contributed by atoms with Gasteiger partial charge >= 0.3 is 0 Å². The topological polar surface area (TPSA) is 29.1 Å². The SMILES string of the molecule is Cc1c(F)cc(C(=O)NC2CC2)cc1Br. The number of rotatable bonds is 2. The standard InChI is InChI=1S/C11H11BrFNO/c1-6-9(12)4-7(5-10(6)13)11(15)14-8-2-3-8/h4-5,8H,2-3H2,1H3,(H,14,15). The molecule has 0 aromatic heterocycles. The Bertz CT molecular complexity index is 392. The third-order valence-corrected chi connectivity index (χ3v) is 3.28. The van der Waals surface area contributed by atoms with Crippen LogP contribution in [0.4, 0.5) is 4.39 Å². The number of nitrogens with one attached hydrogen (secondary N) is 1. The predicted molar refractivity (Wildman–Crippen MR) is 59.3 cm³/mol. The molecule has 1 saturated carbocycles. The molecule has 0 heterocycles. The van der Waals surface area contributed by atoms with E-state index in [1.807, 2.05) is 0 Å². The summed E-state index contributed by atoms with van der Waals surface area (Å²) in [5.74, 6) is -0.553. The summed E-state index contributed by atoms with van der Waals surface area (Å²) in [5, 5.41) is 2.82. The van der Waals surface area contributed by atoms with Crippen molar-refractivity contribution in [3.05, 3.63) is 33.5 Å². The van der Waals surface area contributed by atoms with Crippen molar-refractivity contribution < 1.29 is 9.18 Å². The van der Waals surface area contributed by atoms with E-state index < -0.39 is 0 Å². The van der Waals surface area contributed by atoms with Crippen molar-refractivity contribution in [3.8, 4) is 0 Å². The van der Waals surface area contributed by atoms with E-state index in [1.165, 1.54) is 6.07 Å². The molecule has 0 saturated heterocycles. The Hall–Kier alpha value is -0.900. The highest BCUT2D eigenvalue weighted by Crippen LogP contribution is 2.23. The lowest BCUT2D eigenvalue weighted by molar-refractivity contribution is 0.0950. The lowest BCUT2D eigenvalue weighted by Gasteiger charge is -2.06. The monoisotopic (exact) mass is 271 g/mol. The van der Waals surface area contributed by atoms with Crippen molar-refractivity contribution in [3.63, 3.8) is 0 Å². The van der Waals surface area contributed by atoms with Crippen LogP contribution in [0.3, 0.4) is 0 Å². The molecule has 2 nitrogen and oxygen atoms in total. The Balaban J connectivity index is 2.23. The molecule has 1 fully saturated rings. The van der Waals surface area contributed by atoms with Crippen molar-refractivity contribution in [2.45, 2.75) is 25.8 Å². The minimum Gasteiger partial charge on any atom is -0.349 e. The van der Waals surface area contributed by atoms with Gasteiger partial charge in [0.25, 0.3) is 5.91 Å². The zero-order chi connectivity index (χ0) is 11.0. The first-order valence-corrected chi connectivity index (χ1v) is 5.63. The second kappa shape index (κ2) is 3.93. The Morgan fingerprint density at radius 1 is 1.53 bits per heavy atom. The molecule has 2 rings (SSSR count). The van der Waals surface area contributed by atoms with Crippen LogP contribution in [0.25, 0.3) is 0 Å². The molecule has 1 aliphatic carbocycles. The van der Waals surface area contributed by atoms with Crippen molar-refractivity contribution in [2.75, 3.05) is 0 Å². The molecular formula is C11H11BrFNO. The minimum absolute atomic E-state index is 0.197. The van der Waals surface area contributed by atoms with Crippen LogP contribution in [0.5, 0.6) is 0 Å². The maximum absolute atomic E-state index is 13.3. The lowest BCUT2D eigenvalue weighted by atomic mass is 10.1. The van der Waals surface area contributed by atoms with Gasteiger partial charge in [0.05, 0.1) is 0 Å². The van der Waals surface area contributed by atoms with Gasteiger partial charge in [0, 0.05) is 16.1 Å². The summed E-state index contributed by atoms with van der Waals surface area (Å²) in [4.78, 5) is 11.6. The second-order valence-corrected chi connectivity index (χ2v) is 4.67. The van der Waals surface area contributed by atoms with Gasteiger partial charge in [0.15, 0.2) is 0 Å². The van der Waals surface area contributed by atoms with Gasteiger partial charge in [-0.15, -0.1) is 0 Å². The van der Waals surface area contributed by atoms with Crippen LogP contribution in [-0.4, -0.2) is 11.9 Å².